The van der Waals surface area contributed by atoms with Gasteiger partial charge in [-0.15, -0.1) is 0 Å². The zero-order valence-electron chi connectivity index (χ0n) is 10.8. The smallest absolute Gasteiger partial charge is 0.182 e. The van der Waals surface area contributed by atoms with Gasteiger partial charge in [-0.05, 0) is 26.0 Å². The predicted octanol–water partition coefficient (Wildman–Crippen LogP) is 2.12. The lowest BCUT2D eigenvalue weighted by Crippen LogP contribution is -2.54. The number of ketones is 1. The third-order valence-electron chi connectivity index (χ3n) is 3.44. The first-order valence-corrected chi connectivity index (χ1v) is 6.15. The summed E-state index contributed by atoms with van der Waals surface area (Å²) in [6.07, 6.45) is 0. The highest BCUT2D eigenvalue weighted by atomic mass is 19.1. The molecule has 0 unspecified atom stereocenters. The van der Waals surface area contributed by atoms with Gasteiger partial charge in [0.1, 0.15) is 5.82 Å². The number of morpholine rings is 1. The van der Waals surface area contributed by atoms with E-state index in [1.807, 2.05) is 13.8 Å². The zero-order chi connectivity index (χ0) is 13.2. The van der Waals surface area contributed by atoms with Crippen molar-refractivity contribution in [2.45, 2.75) is 19.4 Å². The summed E-state index contributed by atoms with van der Waals surface area (Å²) in [5.74, 6) is -0.428. The van der Waals surface area contributed by atoms with E-state index in [1.165, 1.54) is 12.1 Å². The highest BCUT2D eigenvalue weighted by molar-refractivity contribution is 6.02. The number of hydrogen-bond acceptors (Lipinski definition) is 3. The van der Waals surface area contributed by atoms with Crippen LogP contribution in [0.3, 0.4) is 0 Å². The molecule has 0 saturated carbocycles. The summed E-state index contributed by atoms with van der Waals surface area (Å²) >= 11 is 0. The number of carbonyl (C=O) groups excluding carboxylic acids is 1. The molecule has 3 nitrogen and oxygen atoms in total. The Balaban J connectivity index is 2.20. The van der Waals surface area contributed by atoms with Crippen molar-refractivity contribution in [1.82, 2.24) is 4.90 Å². The Morgan fingerprint density at radius 1 is 1.33 bits per heavy atom. The number of rotatable bonds is 3. The summed E-state index contributed by atoms with van der Waals surface area (Å²) < 4.78 is 18.5. The first-order chi connectivity index (χ1) is 8.51. The van der Waals surface area contributed by atoms with Gasteiger partial charge in [-0.25, -0.2) is 4.39 Å². The van der Waals surface area contributed by atoms with Gasteiger partial charge in [0.15, 0.2) is 5.78 Å². The fraction of sp³-hybridized carbons (Fsp3) is 0.500. The van der Waals surface area contributed by atoms with Crippen LogP contribution in [0.5, 0.6) is 0 Å². The maximum atomic E-state index is 13.2. The van der Waals surface area contributed by atoms with E-state index in [4.69, 9.17) is 4.74 Å². The van der Waals surface area contributed by atoms with E-state index >= 15 is 0 Å². The van der Waals surface area contributed by atoms with Gasteiger partial charge in [0.05, 0.1) is 18.8 Å². The minimum absolute atomic E-state index is 0.0519. The van der Waals surface area contributed by atoms with Crippen LogP contribution in [0.25, 0.3) is 0 Å². The van der Waals surface area contributed by atoms with Crippen molar-refractivity contribution in [1.29, 1.82) is 0 Å². The van der Waals surface area contributed by atoms with Crippen molar-refractivity contribution in [2.24, 2.45) is 0 Å². The minimum atomic E-state index is -0.627. The molecule has 1 aliphatic heterocycles. The van der Waals surface area contributed by atoms with E-state index in [9.17, 15) is 9.18 Å². The fourth-order valence-electron chi connectivity index (χ4n) is 2.25. The van der Waals surface area contributed by atoms with Gasteiger partial charge >= 0.3 is 0 Å². The Morgan fingerprint density at radius 2 is 2.00 bits per heavy atom. The lowest BCUT2D eigenvalue weighted by atomic mass is 9.91. The van der Waals surface area contributed by atoms with E-state index in [-0.39, 0.29) is 11.6 Å². The van der Waals surface area contributed by atoms with E-state index < -0.39 is 5.54 Å². The van der Waals surface area contributed by atoms with Crippen molar-refractivity contribution in [2.75, 3.05) is 26.3 Å². The molecule has 0 radical (unpaired) electrons. The molecule has 0 N–H and O–H groups in total. The lowest BCUT2D eigenvalue weighted by Gasteiger charge is -2.39. The Morgan fingerprint density at radius 3 is 2.61 bits per heavy atom. The summed E-state index contributed by atoms with van der Waals surface area (Å²) in [6.45, 7) is 6.50. The Bertz CT molecular complexity index is 439. The lowest BCUT2D eigenvalue weighted by molar-refractivity contribution is -0.00431. The molecule has 0 aromatic heterocycles. The van der Waals surface area contributed by atoms with Crippen LogP contribution < -0.4 is 0 Å². The molecule has 18 heavy (non-hydrogen) atoms. The highest BCUT2D eigenvalue weighted by Crippen LogP contribution is 2.22. The molecule has 1 heterocycles. The normalized spacial score (nSPS) is 17.7. The SMILES string of the molecule is CC(C)(C(=O)c1cccc(F)c1)N1CCOCC1. The molecule has 4 heteroatoms. The number of nitrogens with zero attached hydrogens (tertiary/aromatic N) is 1. The maximum absolute atomic E-state index is 13.2. The van der Waals surface area contributed by atoms with Gasteiger partial charge in [-0.2, -0.15) is 0 Å². The maximum Gasteiger partial charge on any atom is 0.182 e. The van der Waals surface area contributed by atoms with Gasteiger partial charge in [0, 0.05) is 18.7 Å². The monoisotopic (exact) mass is 251 g/mol. The molecule has 1 aromatic carbocycles. The van der Waals surface area contributed by atoms with Crippen molar-refractivity contribution in [3.8, 4) is 0 Å². The predicted molar refractivity (Wildman–Crippen MR) is 67.2 cm³/mol. The molecule has 1 aliphatic rings. The fourth-order valence-corrected chi connectivity index (χ4v) is 2.25. The van der Waals surface area contributed by atoms with Crippen molar-refractivity contribution >= 4 is 5.78 Å². The second-order valence-electron chi connectivity index (χ2n) is 5.00. The molecule has 1 aromatic rings. The van der Waals surface area contributed by atoms with Gasteiger partial charge in [0.25, 0.3) is 0 Å². The second kappa shape index (κ2) is 5.16. The van der Waals surface area contributed by atoms with Gasteiger partial charge < -0.3 is 4.74 Å². The summed E-state index contributed by atoms with van der Waals surface area (Å²) in [7, 11) is 0. The summed E-state index contributed by atoms with van der Waals surface area (Å²) in [5, 5.41) is 0. The molecule has 0 amide bonds. The molecule has 0 spiro atoms. The summed E-state index contributed by atoms with van der Waals surface area (Å²) in [4.78, 5) is 14.6. The molecule has 98 valence electrons. The minimum Gasteiger partial charge on any atom is -0.379 e. The third-order valence-corrected chi connectivity index (χ3v) is 3.44. The molecular weight excluding hydrogens is 233 g/mol. The number of halogens is 1. The molecular formula is C14H18FNO2. The number of carbonyl (C=O) groups is 1. The van der Waals surface area contributed by atoms with Crippen LogP contribution in [-0.4, -0.2) is 42.5 Å². The van der Waals surface area contributed by atoms with E-state index in [0.29, 0.717) is 18.8 Å². The van der Waals surface area contributed by atoms with Gasteiger partial charge in [-0.1, -0.05) is 12.1 Å². The van der Waals surface area contributed by atoms with Gasteiger partial charge in [0.2, 0.25) is 0 Å². The Labute approximate surface area is 107 Å². The van der Waals surface area contributed by atoms with Crippen LogP contribution in [0, 0.1) is 5.82 Å². The number of hydrogen-bond donors (Lipinski definition) is 0. The largest absolute Gasteiger partial charge is 0.379 e. The zero-order valence-corrected chi connectivity index (χ0v) is 10.8. The van der Waals surface area contributed by atoms with Crippen LogP contribution in [0.1, 0.15) is 24.2 Å². The topological polar surface area (TPSA) is 29.5 Å². The quantitative estimate of drug-likeness (QED) is 0.771. The summed E-state index contributed by atoms with van der Waals surface area (Å²) in [6, 6.07) is 5.87. The van der Waals surface area contributed by atoms with Crippen LogP contribution in [0.2, 0.25) is 0 Å². The Hall–Kier alpha value is -1.26. The average molecular weight is 251 g/mol. The van der Waals surface area contributed by atoms with Crippen LogP contribution in [-0.2, 0) is 4.74 Å². The van der Waals surface area contributed by atoms with Crippen molar-refractivity contribution in [3.63, 3.8) is 0 Å². The first kappa shape index (κ1) is 13.2. The second-order valence-corrected chi connectivity index (χ2v) is 5.00. The average Bonchev–Trinajstić information content (AvgIpc) is 2.39. The van der Waals surface area contributed by atoms with E-state index in [0.717, 1.165) is 13.1 Å². The van der Waals surface area contributed by atoms with Crippen LogP contribution >= 0.6 is 0 Å². The van der Waals surface area contributed by atoms with Crippen molar-refractivity contribution < 1.29 is 13.9 Å². The molecule has 0 aliphatic carbocycles. The van der Waals surface area contributed by atoms with Gasteiger partial charge in [-0.3, -0.25) is 9.69 Å². The first-order valence-electron chi connectivity index (χ1n) is 6.15. The van der Waals surface area contributed by atoms with E-state index in [1.54, 1.807) is 12.1 Å². The van der Waals surface area contributed by atoms with Crippen LogP contribution in [0.15, 0.2) is 24.3 Å². The Kier molecular flexibility index (Phi) is 3.78. The number of benzene rings is 1. The third kappa shape index (κ3) is 2.60. The highest BCUT2D eigenvalue weighted by Gasteiger charge is 2.35. The number of ether oxygens (including phenoxy) is 1. The summed E-state index contributed by atoms with van der Waals surface area (Å²) in [5.41, 5.74) is -0.205. The van der Waals surface area contributed by atoms with E-state index in [2.05, 4.69) is 4.90 Å². The van der Waals surface area contributed by atoms with Crippen molar-refractivity contribution in [3.05, 3.63) is 35.6 Å². The molecule has 2 rings (SSSR count). The molecule has 0 atom stereocenters. The van der Waals surface area contributed by atoms with Crippen LogP contribution in [0.4, 0.5) is 4.39 Å². The molecule has 0 bridgehead atoms. The molecule has 1 fully saturated rings. The molecule has 1 saturated heterocycles. The number of Topliss-reactive ketones (excluding diaryl/α,β-unsaturated/α-hetero) is 1. The standard InChI is InChI=1S/C14H18FNO2/c1-14(2,16-6-8-18-9-7-16)13(17)11-4-3-5-12(15)10-11/h3-5,10H,6-9H2,1-2H3.